The first-order valence-corrected chi connectivity index (χ1v) is 17.5. The van der Waals surface area contributed by atoms with Gasteiger partial charge >= 0.3 is 6.09 Å². The molecule has 0 heterocycles. The first-order valence-electron chi connectivity index (χ1n) is 17.5. The zero-order chi connectivity index (χ0) is 36.6. The standard InChI is InChI=1S/C34H67NO15/c1-6-37-9-10-39-13-14-41-17-18-43-21-22-45-25-26-47-29-30-49-32-31-48-28-27-46-24-23-44-20-19-42-16-15-40-12-11-38-8-7-35(5)33(36)50-34(2,3)4/h6H,1,7-32H2,2-5H3. The Morgan fingerprint density at radius 3 is 0.880 bits per heavy atom. The van der Waals surface area contributed by atoms with E-state index in [0.717, 1.165) is 0 Å². The molecule has 0 N–H and O–H groups in total. The van der Waals surface area contributed by atoms with Crippen LogP contribution in [0.5, 0.6) is 0 Å². The molecule has 0 aromatic carbocycles. The van der Waals surface area contributed by atoms with Crippen molar-refractivity contribution in [3.8, 4) is 0 Å². The Kier molecular flexibility index (Phi) is 37.3. The van der Waals surface area contributed by atoms with Gasteiger partial charge in [0.15, 0.2) is 0 Å². The fraction of sp³-hybridized carbons (Fsp3) is 0.912. The number of carbonyl (C=O) groups excluding carboxylic acids is 1. The van der Waals surface area contributed by atoms with Gasteiger partial charge in [-0.3, -0.25) is 0 Å². The predicted octanol–water partition coefficient (Wildman–Crippen LogP) is 2.21. The fourth-order valence-electron chi connectivity index (χ4n) is 3.34. The lowest BCUT2D eigenvalue weighted by molar-refractivity contribution is -0.0288. The van der Waals surface area contributed by atoms with Crippen molar-refractivity contribution in [1.82, 2.24) is 4.90 Å². The van der Waals surface area contributed by atoms with Gasteiger partial charge in [-0.05, 0) is 20.8 Å². The molecule has 0 aromatic heterocycles. The van der Waals surface area contributed by atoms with Crippen LogP contribution in [0.25, 0.3) is 0 Å². The van der Waals surface area contributed by atoms with Crippen LogP contribution in [-0.2, 0) is 66.3 Å². The van der Waals surface area contributed by atoms with E-state index in [4.69, 9.17) is 66.3 Å². The third-order valence-electron chi connectivity index (χ3n) is 5.83. The predicted molar refractivity (Wildman–Crippen MR) is 185 cm³/mol. The molecule has 0 spiro atoms. The third-order valence-corrected chi connectivity index (χ3v) is 5.83. The number of rotatable bonds is 40. The minimum absolute atomic E-state index is 0.366. The van der Waals surface area contributed by atoms with Crippen molar-refractivity contribution in [2.75, 3.05) is 179 Å². The second-order valence-corrected chi connectivity index (χ2v) is 11.3. The highest BCUT2D eigenvalue weighted by Crippen LogP contribution is 2.08. The molecule has 0 aromatic rings. The van der Waals surface area contributed by atoms with Crippen molar-refractivity contribution in [1.29, 1.82) is 0 Å². The molecule has 50 heavy (non-hydrogen) atoms. The molecule has 298 valence electrons. The molecule has 0 atom stereocenters. The van der Waals surface area contributed by atoms with E-state index in [1.165, 1.54) is 11.2 Å². The molecule has 0 unspecified atom stereocenters. The van der Waals surface area contributed by atoms with E-state index in [1.54, 1.807) is 7.05 Å². The van der Waals surface area contributed by atoms with Crippen LogP contribution >= 0.6 is 0 Å². The molecular weight excluding hydrogens is 662 g/mol. The van der Waals surface area contributed by atoms with Crippen molar-refractivity contribution in [3.05, 3.63) is 12.8 Å². The number of likely N-dealkylation sites (N-methyl/N-ethyl adjacent to an activating group) is 1. The largest absolute Gasteiger partial charge is 0.499 e. The summed E-state index contributed by atoms with van der Waals surface area (Å²) >= 11 is 0. The van der Waals surface area contributed by atoms with E-state index in [1.807, 2.05) is 20.8 Å². The van der Waals surface area contributed by atoms with Crippen LogP contribution in [0.3, 0.4) is 0 Å². The van der Waals surface area contributed by atoms with Gasteiger partial charge in [0.25, 0.3) is 0 Å². The lowest BCUT2D eigenvalue weighted by atomic mass is 10.2. The summed E-state index contributed by atoms with van der Waals surface area (Å²) < 4.78 is 75.7. The van der Waals surface area contributed by atoms with Crippen molar-refractivity contribution in [2.24, 2.45) is 0 Å². The van der Waals surface area contributed by atoms with Crippen LogP contribution in [0.15, 0.2) is 12.8 Å². The molecule has 0 saturated heterocycles. The maximum absolute atomic E-state index is 11.9. The molecule has 0 saturated carbocycles. The van der Waals surface area contributed by atoms with Crippen molar-refractivity contribution < 1.29 is 71.1 Å². The molecule has 16 heteroatoms. The molecule has 0 radical (unpaired) electrons. The molecule has 0 bridgehead atoms. The van der Waals surface area contributed by atoms with Gasteiger partial charge in [-0.1, -0.05) is 6.58 Å². The van der Waals surface area contributed by atoms with E-state index in [0.29, 0.717) is 172 Å². The Morgan fingerprint density at radius 2 is 0.660 bits per heavy atom. The Hall–Kier alpha value is -1.67. The average Bonchev–Trinajstić information content (AvgIpc) is 3.08. The number of hydrogen-bond acceptors (Lipinski definition) is 15. The van der Waals surface area contributed by atoms with Crippen molar-refractivity contribution in [2.45, 2.75) is 26.4 Å². The van der Waals surface area contributed by atoms with E-state index >= 15 is 0 Å². The number of hydrogen-bond donors (Lipinski definition) is 0. The Balaban J connectivity index is 3.13. The van der Waals surface area contributed by atoms with Gasteiger partial charge < -0.3 is 71.2 Å². The highest BCUT2D eigenvalue weighted by atomic mass is 16.6. The first-order chi connectivity index (χ1) is 24.4. The zero-order valence-corrected chi connectivity index (χ0v) is 31.2. The first kappa shape index (κ1) is 48.3. The van der Waals surface area contributed by atoms with Crippen molar-refractivity contribution in [3.63, 3.8) is 0 Å². The highest BCUT2D eigenvalue weighted by molar-refractivity contribution is 5.67. The second kappa shape index (κ2) is 38.6. The number of carbonyl (C=O) groups is 1. The second-order valence-electron chi connectivity index (χ2n) is 11.3. The van der Waals surface area contributed by atoms with Crippen LogP contribution in [0.2, 0.25) is 0 Å². The van der Waals surface area contributed by atoms with E-state index in [9.17, 15) is 4.79 Å². The Morgan fingerprint density at radius 1 is 0.440 bits per heavy atom. The Labute approximate surface area is 300 Å². The van der Waals surface area contributed by atoms with Crippen LogP contribution in [-0.4, -0.2) is 195 Å². The Bertz CT molecular complexity index is 715. The summed E-state index contributed by atoms with van der Waals surface area (Å²) in [5, 5.41) is 0. The van der Waals surface area contributed by atoms with Gasteiger partial charge in [0.1, 0.15) is 12.2 Å². The van der Waals surface area contributed by atoms with Gasteiger partial charge in [0.05, 0.1) is 165 Å². The van der Waals surface area contributed by atoms with E-state index < -0.39 is 5.60 Å². The van der Waals surface area contributed by atoms with E-state index in [-0.39, 0.29) is 6.09 Å². The quantitative estimate of drug-likeness (QED) is 0.0670. The van der Waals surface area contributed by atoms with Gasteiger partial charge in [-0.2, -0.15) is 0 Å². The summed E-state index contributed by atoms with van der Waals surface area (Å²) in [6.07, 6.45) is 1.03. The third kappa shape index (κ3) is 40.8. The summed E-state index contributed by atoms with van der Waals surface area (Å²) in [4.78, 5) is 13.3. The number of amides is 1. The van der Waals surface area contributed by atoms with Gasteiger partial charge in [-0.25, -0.2) is 4.79 Å². The molecule has 0 aliphatic rings. The van der Waals surface area contributed by atoms with Crippen molar-refractivity contribution >= 4 is 6.09 Å². The minimum Gasteiger partial charge on any atom is -0.499 e. The summed E-state index contributed by atoms with van der Waals surface area (Å²) in [6.45, 7) is 21.7. The molecule has 0 aliphatic carbocycles. The summed E-state index contributed by atoms with van der Waals surface area (Å²) in [6, 6.07) is 0. The van der Waals surface area contributed by atoms with Crippen LogP contribution < -0.4 is 0 Å². The molecule has 0 fully saturated rings. The van der Waals surface area contributed by atoms with Crippen LogP contribution in [0.4, 0.5) is 4.79 Å². The topological polar surface area (TPSA) is 150 Å². The number of ether oxygens (including phenoxy) is 14. The lowest BCUT2D eigenvalue weighted by Gasteiger charge is -2.24. The summed E-state index contributed by atoms with van der Waals surface area (Å²) in [5.41, 5.74) is -0.512. The number of nitrogens with zero attached hydrogens (tertiary/aromatic N) is 1. The minimum atomic E-state index is -0.512. The van der Waals surface area contributed by atoms with Gasteiger partial charge in [-0.15, -0.1) is 0 Å². The average molecular weight is 730 g/mol. The van der Waals surface area contributed by atoms with E-state index in [2.05, 4.69) is 6.58 Å². The maximum Gasteiger partial charge on any atom is 0.410 e. The van der Waals surface area contributed by atoms with Crippen LogP contribution in [0, 0.1) is 0 Å². The SMILES string of the molecule is C=COCCOCCOCCOCCOCCOCCOCCOCCOCCOCCOCCOCCOCCN(C)C(=O)OC(C)(C)C. The molecule has 0 aliphatic heterocycles. The molecule has 0 rings (SSSR count). The summed E-state index contributed by atoms with van der Waals surface area (Å²) in [7, 11) is 1.68. The smallest absolute Gasteiger partial charge is 0.410 e. The lowest BCUT2D eigenvalue weighted by Crippen LogP contribution is -2.36. The molecule has 1 amide bonds. The molecular formula is C34H67NO15. The van der Waals surface area contributed by atoms with Gasteiger partial charge in [0.2, 0.25) is 0 Å². The van der Waals surface area contributed by atoms with Crippen LogP contribution in [0.1, 0.15) is 20.8 Å². The monoisotopic (exact) mass is 729 g/mol. The normalized spacial score (nSPS) is 11.6. The fourth-order valence-corrected chi connectivity index (χ4v) is 3.34. The highest BCUT2D eigenvalue weighted by Gasteiger charge is 2.19. The zero-order valence-electron chi connectivity index (χ0n) is 31.2. The summed E-state index contributed by atoms with van der Waals surface area (Å²) in [5.74, 6) is 0. The van der Waals surface area contributed by atoms with Gasteiger partial charge in [0, 0.05) is 13.6 Å². The molecule has 16 nitrogen and oxygen atoms in total. The maximum atomic E-state index is 11.9.